The molecular formula is C16H19NO3. The molecule has 1 aromatic heterocycles. The van der Waals surface area contributed by atoms with E-state index in [0.29, 0.717) is 28.6 Å². The smallest absolute Gasteiger partial charge is 0.340 e. The van der Waals surface area contributed by atoms with Crippen molar-refractivity contribution in [2.75, 3.05) is 6.61 Å². The number of esters is 1. The Morgan fingerprint density at radius 2 is 1.80 bits per heavy atom. The minimum absolute atomic E-state index is 0.182. The third-order valence-electron chi connectivity index (χ3n) is 3.16. The van der Waals surface area contributed by atoms with Crippen molar-refractivity contribution in [2.45, 2.75) is 33.1 Å². The van der Waals surface area contributed by atoms with Gasteiger partial charge in [-0.15, -0.1) is 0 Å². The Bertz CT molecular complexity index is 708. The van der Waals surface area contributed by atoms with Crippen molar-refractivity contribution in [3.05, 3.63) is 45.9 Å². The maximum atomic E-state index is 12.3. The van der Waals surface area contributed by atoms with E-state index in [0.717, 1.165) is 0 Å². The van der Waals surface area contributed by atoms with E-state index in [1.54, 1.807) is 25.1 Å². The molecule has 1 aromatic carbocycles. The Morgan fingerprint density at radius 3 is 2.35 bits per heavy atom. The summed E-state index contributed by atoms with van der Waals surface area (Å²) in [6.45, 7) is 7.93. The van der Waals surface area contributed by atoms with E-state index in [-0.39, 0.29) is 11.0 Å². The van der Waals surface area contributed by atoms with Crippen LogP contribution in [0.4, 0.5) is 0 Å². The van der Waals surface area contributed by atoms with Crippen LogP contribution in [0.3, 0.4) is 0 Å². The third-order valence-corrected chi connectivity index (χ3v) is 3.16. The molecule has 2 rings (SSSR count). The summed E-state index contributed by atoms with van der Waals surface area (Å²) in [5.74, 6) is -0.398. The topological polar surface area (TPSA) is 59.2 Å². The molecule has 4 nitrogen and oxygen atoms in total. The fourth-order valence-corrected chi connectivity index (χ4v) is 2.25. The number of aromatic nitrogens is 1. The van der Waals surface area contributed by atoms with Crippen LogP contribution in [0.5, 0.6) is 0 Å². The molecule has 0 atom stereocenters. The Hall–Kier alpha value is -2.10. The van der Waals surface area contributed by atoms with Gasteiger partial charge in [0, 0.05) is 21.9 Å². The number of rotatable bonds is 2. The lowest BCUT2D eigenvalue weighted by atomic mass is 9.86. The summed E-state index contributed by atoms with van der Waals surface area (Å²) >= 11 is 0. The molecule has 1 heterocycles. The van der Waals surface area contributed by atoms with Crippen molar-refractivity contribution in [1.82, 2.24) is 4.98 Å². The van der Waals surface area contributed by atoms with Gasteiger partial charge in [-0.1, -0.05) is 39.0 Å². The first-order valence-corrected chi connectivity index (χ1v) is 6.69. The molecule has 0 saturated carbocycles. The lowest BCUT2D eigenvalue weighted by Gasteiger charge is -2.22. The molecule has 0 aliphatic heterocycles. The molecule has 20 heavy (non-hydrogen) atoms. The van der Waals surface area contributed by atoms with E-state index in [2.05, 4.69) is 4.98 Å². The number of hydrogen-bond donors (Lipinski definition) is 1. The summed E-state index contributed by atoms with van der Waals surface area (Å²) in [4.78, 5) is 27.3. The molecule has 106 valence electrons. The van der Waals surface area contributed by atoms with Crippen LogP contribution in [-0.2, 0) is 10.2 Å². The van der Waals surface area contributed by atoms with Crippen molar-refractivity contribution in [2.24, 2.45) is 0 Å². The van der Waals surface area contributed by atoms with E-state index in [1.807, 2.05) is 26.8 Å². The second-order valence-electron chi connectivity index (χ2n) is 5.72. The van der Waals surface area contributed by atoms with Gasteiger partial charge in [0.1, 0.15) is 0 Å². The first-order valence-electron chi connectivity index (χ1n) is 6.69. The fraction of sp³-hybridized carbons (Fsp3) is 0.375. The van der Waals surface area contributed by atoms with Gasteiger partial charge in [0.15, 0.2) is 0 Å². The van der Waals surface area contributed by atoms with E-state index in [1.165, 1.54) is 0 Å². The zero-order valence-corrected chi connectivity index (χ0v) is 12.2. The highest BCUT2D eigenvalue weighted by Gasteiger charge is 2.26. The molecule has 0 aliphatic carbocycles. The number of carbonyl (C=O) groups excluding carboxylic acids is 1. The van der Waals surface area contributed by atoms with Gasteiger partial charge in [0.25, 0.3) is 5.56 Å². The second-order valence-corrected chi connectivity index (χ2v) is 5.72. The predicted octanol–water partition coefficient (Wildman–Crippen LogP) is 3.00. The summed E-state index contributed by atoms with van der Waals surface area (Å²) in [5.41, 5.74) is 0.526. The normalized spacial score (nSPS) is 11.6. The van der Waals surface area contributed by atoms with Crippen molar-refractivity contribution in [1.29, 1.82) is 0 Å². The lowest BCUT2D eigenvalue weighted by Crippen LogP contribution is -2.25. The van der Waals surface area contributed by atoms with Crippen molar-refractivity contribution in [3.8, 4) is 0 Å². The molecule has 4 heteroatoms. The zero-order valence-electron chi connectivity index (χ0n) is 12.2. The lowest BCUT2D eigenvalue weighted by molar-refractivity contribution is 0.0525. The van der Waals surface area contributed by atoms with Crippen molar-refractivity contribution in [3.63, 3.8) is 0 Å². The summed E-state index contributed by atoms with van der Waals surface area (Å²) in [7, 11) is 0. The molecular weight excluding hydrogens is 254 g/mol. The average Bonchev–Trinajstić information content (AvgIpc) is 2.37. The average molecular weight is 273 g/mol. The number of pyridine rings is 1. The molecule has 0 bridgehead atoms. The molecule has 0 aliphatic rings. The number of aromatic amines is 1. The van der Waals surface area contributed by atoms with Crippen LogP contribution in [0, 0.1) is 0 Å². The van der Waals surface area contributed by atoms with E-state index in [9.17, 15) is 9.59 Å². The Kier molecular flexibility index (Phi) is 3.66. The minimum Gasteiger partial charge on any atom is -0.462 e. The maximum absolute atomic E-state index is 12.3. The van der Waals surface area contributed by atoms with Crippen molar-refractivity contribution >= 4 is 16.7 Å². The Labute approximate surface area is 117 Å². The van der Waals surface area contributed by atoms with Crippen LogP contribution in [-0.4, -0.2) is 17.6 Å². The van der Waals surface area contributed by atoms with Crippen LogP contribution in [0.2, 0.25) is 0 Å². The highest BCUT2D eigenvalue weighted by Crippen LogP contribution is 2.28. The van der Waals surface area contributed by atoms with Crippen molar-refractivity contribution < 1.29 is 9.53 Å². The molecule has 0 fully saturated rings. The fourth-order valence-electron chi connectivity index (χ4n) is 2.25. The number of carbonyl (C=O) groups is 1. The van der Waals surface area contributed by atoms with Gasteiger partial charge in [0.05, 0.1) is 12.2 Å². The van der Waals surface area contributed by atoms with Crippen LogP contribution in [0.1, 0.15) is 43.7 Å². The molecule has 0 radical (unpaired) electrons. The van der Waals surface area contributed by atoms with E-state index in [4.69, 9.17) is 4.74 Å². The van der Waals surface area contributed by atoms with Gasteiger partial charge in [-0.25, -0.2) is 4.79 Å². The monoisotopic (exact) mass is 273 g/mol. The maximum Gasteiger partial charge on any atom is 0.340 e. The molecule has 2 aromatic rings. The molecule has 0 saturated heterocycles. The van der Waals surface area contributed by atoms with Gasteiger partial charge in [0.2, 0.25) is 0 Å². The third kappa shape index (κ3) is 2.46. The summed E-state index contributed by atoms with van der Waals surface area (Å²) < 4.78 is 5.15. The Balaban J connectivity index is 2.88. The van der Waals surface area contributed by atoms with Gasteiger partial charge in [-0.2, -0.15) is 0 Å². The van der Waals surface area contributed by atoms with E-state index >= 15 is 0 Å². The highest BCUT2D eigenvalue weighted by atomic mass is 16.5. The van der Waals surface area contributed by atoms with Crippen LogP contribution < -0.4 is 5.56 Å². The molecule has 0 spiro atoms. The number of nitrogens with one attached hydrogen (secondary N) is 1. The number of benzene rings is 1. The minimum atomic E-state index is -0.398. The SMILES string of the molecule is CCOC(=O)c1c(C(C)(C)C)[nH]c(=O)c2ccccc12. The Morgan fingerprint density at radius 1 is 1.20 bits per heavy atom. The number of hydrogen-bond acceptors (Lipinski definition) is 3. The van der Waals surface area contributed by atoms with Gasteiger partial charge in [-0.05, 0) is 13.0 Å². The molecule has 0 amide bonds. The summed E-state index contributed by atoms with van der Waals surface area (Å²) in [5, 5.41) is 1.14. The van der Waals surface area contributed by atoms with Crippen LogP contribution >= 0.6 is 0 Å². The number of fused-ring (bicyclic) bond motifs is 1. The van der Waals surface area contributed by atoms with E-state index < -0.39 is 5.97 Å². The summed E-state index contributed by atoms with van der Waals surface area (Å²) in [6, 6.07) is 7.09. The quantitative estimate of drug-likeness (QED) is 0.856. The summed E-state index contributed by atoms with van der Waals surface area (Å²) in [6.07, 6.45) is 0. The van der Waals surface area contributed by atoms with Gasteiger partial charge >= 0.3 is 5.97 Å². The second kappa shape index (κ2) is 5.12. The predicted molar refractivity (Wildman–Crippen MR) is 79.2 cm³/mol. The van der Waals surface area contributed by atoms with Crippen LogP contribution in [0.15, 0.2) is 29.1 Å². The zero-order chi connectivity index (χ0) is 14.9. The van der Waals surface area contributed by atoms with Gasteiger partial charge < -0.3 is 9.72 Å². The largest absolute Gasteiger partial charge is 0.462 e. The highest BCUT2D eigenvalue weighted by molar-refractivity contribution is 6.05. The molecule has 1 N–H and O–H groups in total. The van der Waals surface area contributed by atoms with Crippen LogP contribution in [0.25, 0.3) is 10.8 Å². The first-order chi connectivity index (χ1) is 9.36. The number of ether oxygens (including phenoxy) is 1. The number of H-pyrrole nitrogens is 1. The first kappa shape index (κ1) is 14.3. The standard InChI is InChI=1S/C16H19NO3/c1-5-20-15(19)12-10-8-6-7-9-11(10)14(18)17-13(12)16(2,3)4/h6-9H,5H2,1-4H3,(H,17,18). The van der Waals surface area contributed by atoms with Gasteiger partial charge in [-0.3, -0.25) is 4.79 Å². The molecule has 0 unspecified atom stereocenters.